The average Bonchev–Trinajstić information content (AvgIpc) is 2.64. The van der Waals surface area contributed by atoms with Crippen LogP contribution in [0, 0.1) is 0 Å². The molecule has 0 bridgehead atoms. The van der Waals surface area contributed by atoms with Crippen molar-refractivity contribution < 1.29 is 17.9 Å². The maximum atomic E-state index is 12.8. The van der Waals surface area contributed by atoms with Gasteiger partial charge in [0.15, 0.2) is 0 Å². The summed E-state index contributed by atoms with van der Waals surface area (Å²) in [5.74, 6) is -0.414. The highest BCUT2D eigenvalue weighted by molar-refractivity contribution is 9.10. The molecule has 0 saturated carbocycles. The van der Waals surface area contributed by atoms with E-state index in [-0.39, 0.29) is 28.6 Å². The molecule has 1 amide bonds. The first-order valence-electron chi connectivity index (χ1n) is 7.82. The second-order valence-corrected chi connectivity index (χ2v) is 8.85. The molecule has 1 fully saturated rings. The third-order valence-corrected chi connectivity index (χ3v) is 6.79. The maximum Gasteiger partial charge on any atom is 0.255 e. The monoisotopic (exact) mass is 458 g/mol. The Labute approximate surface area is 165 Å². The molecular formula is C17H16BrClN2O4S. The third kappa shape index (κ3) is 4.27. The Bertz CT molecular complexity index is 913. The fourth-order valence-corrected chi connectivity index (χ4v) is 4.68. The minimum atomic E-state index is -3.79. The summed E-state index contributed by atoms with van der Waals surface area (Å²) in [4.78, 5) is 12.4. The van der Waals surface area contributed by atoms with Crippen molar-refractivity contribution in [3.8, 4) is 0 Å². The smallest absolute Gasteiger partial charge is 0.255 e. The number of hydrogen-bond donors (Lipinski definition) is 1. The molecule has 0 spiro atoms. The van der Waals surface area contributed by atoms with Crippen LogP contribution in [0.5, 0.6) is 0 Å². The van der Waals surface area contributed by atoms with Crippen molar-refractivity contribution in [3.63, 3.8) is 0 Å². The highest BCUT2D eigenvalue weighted by Gasteiger charge is 2.29. The van der Waals surface area contributed by atoms with Crippen LogP contribution in [0.15, 0.2) is 51.8 Å². The zero-order chi connectivity index (χ0) is 18.7. The molecule has 0 aliphatic carbocycles. The molecule has 3 rings (SSSR count). The second kappa shape index (κ2) is 8.06. The highest BCUT2D eigenvalue weighted by Crippen LogP contribution is 2.27. The molecule has 2 aromatic carbocycles. The van der Waals surface area contributed by atoms with E-state index in [0.717, 1.165) is 4.47 Å². The summed E-state index contributed by atoms with van der Waals surface area (Å²) in [5.41, 5.74) is 0.815. The Morgan fingerprint density at radius 1 is 1.12 bits per heavy atom. The van der Waals surface area contributed by atoms with Gasteiger partial charge in [0.25, 0.3) is 5.91 Å². The summed E-state index contributed by atoms with van der Waals surface area (Å²) >= 11 is 9.43. The van der Waals surface area contributed by atoms with E-state index in [0.29, 0.717) is 18.9 Å². The number of halogens is 2. The number of carbonyl (C=O) groups excluding carboxylic acids is 1. The van der Waals surface area contributed by atoms with Gasteiger partial charge in [-0.2, -0.15) is 4.31 Å². The normalized spacial score (nSPS) is 15.6. The topological polar surface area (TPSA) is 75.7 Å². The number of nitrogens with one attached hydrogen (secondary N) is 1. The van der Waals surface area contributed by atoms with Crippen molar-refractivity contribution >= 4 is 49.1 Å². The summed E-state index contributed by atoms with van der Waals surface area (Å²) in [6, 6.07) is 11.3. The average molecular weight is 460 g/mol. The zero-order valence-corrected chi connectivity index (χ0v) is 16.8. The highest BCUT2D eigenvalue weighted by atomic mass is 79.9. The number of anilines is 1. The van der Waals surface area contributed by atoms with Crippen LogP contribution >= 0.6 is 27.5 Å². The predicted octanol–water partition coefficient (Wildman–Crippen LogP) is 3.38. The quantitative estimate of drug-likeness (QED) is 0.760. The zero-order valence-electron chi connectivity index (χ0n) is 13.6. The second-order valence-electron chi connectivity index (χ2n) is 5.62. The van der Waals surface area contributed by atoms with Crippen molar-refractivity contribution in [2.45, 2.75) is 4.90 Å². The van der Waals surface area contributed by atoms with E-state index in [2.05, 4.69) is 21.2 Å². The van der Waals surface area contributed by atoms with Crippen molar-refractivity contribution in [2.75, 3.05) is 31.6 Å². The molecule has 6 nitrogen and oxygen atoms in total. The Morgan fingerprint density at radius 2 is 1.77 bits per heavy atom. The molecular weight excluding hydrogens is 444 g/mol. The number of sulfonamides is 1. The predicted molar refractivity (Wildman–Crippen MR) is 103 cm³/mol. The Morgan fingerprint density at radius 3 is 2.42 bits per heavy atom. The summed E-state index contributed by atoms with van der Waals surface area (Å²) in [7, 11) is -3.79. The van der Waals surface area contributed by atoms with Crippen molar-refractivity contribution in [3.05, 3.63) is 57.5 Å². The molecule has 0 radical (unpaired) electrons. The number of rotatable bonds is 4. The Balaban J connectivity index is 1.87. The fourth-order valence-electron chi connectivity index (χ4n) is 2.50. The maximum absolute atomic E-state index is 12.8. The van der Waals surface area contributed by atoms with Crippen LogP contribution in [-0.2, 0) is 14.8 Å². The van der Waals surface area contributed by atoms with Crippen LogP contribution in [0.25, 0.3) is 0 Å². The van der Waals surface area contributed by atoms with Gasteiger partial charge < -0.3 is 10.1 Å². The van der Waals surface area contributed by atoms with Crippen molar-refractivity contribution in [1.29, 1.82) is 0 Å². The number of carbonyl (C=O) groups is 1. The largest absolute Gasteiger partial charge is 0.379 e. The lowest BCUT2D eigenvalue weighted by Crippen LogP contribution is -2.40. The molecule has 2 aromatic rings. The van der Waals surface area contributed by atoms with Crippen LogP contribution in [0.2, 0.25) is 5.02 Å². The van der Waals surface area contributed by atoms with Gasteiger partial charge in [-0.1, -0.05) is 27.5 Å². The lowest BCUT2D eigenvalue weighted by molar-refractivity contribution is 0.0730. The third-order valence-electron chi connectivity index (χ3n) is 3.88. The van der Waals surface area contributed by atoms with Gasteiger partial charge in [-0.15, -0.1) is 0 Å². The van der Waals surface area contributed by atoms with E-state index in [1.54, 1.807) is 24.3 Å². The van der Waals surface area contributed by atoms with E-state index in [4.69, 9.17) is 16.3 Å². The number of hydrogen-bond acceptors (Lipinski definition) is 4. The molecule has 1 N–H and O–H groups in total. The first kappa shape index (κ1) is 19.3. The lowest BCUT2D eigenvalue weighted by Gasteiger charge is -2.26. The van der Waals surface area contributed by atoms with Gasteiger partial charge in [-0.3, -0.25) is 4.79 Å². The molecule has 0 aromatic heterocycles. The molecule has 1 heterocycles. The first-order chi connectivity index (χ1) is 12.4. The van der Waals surface area contributed by atoms with Gasteiger partial charge in [0, 0.05) is 28.8 Å². The lowest BCUT2D eigenvalue weighted by atomic mass is 10.2. The van der Waals surface area contributed by atoms with Crippen molar-refractivity contribution in [1.82, 2.24) is 4.31 Å². The van der Waals surface area contributed by atoms with E-state index < -0.39 is 15.9 Å². The van der Waals surface area contributed by atoms with Gasteiger partial charge in [0.1, 0.15) is 4.90 Å². The minimum Gasteiger partial charge on any atom is -0.379 e. The van der Waals surface area contributed by atoms with Gasteiger partial charge in [0.2, 0.25) is 10.0 Å². The van der Waals surface area contributed by atoms with Gasteiger partial charge in [0.05, 0.1) is 18.2 Å². The van der Waals surface area contributed by atoms with Gasteiger partial charge >= 0.3 is 0 Å². The summed E-state index contributed by atoms with van der Waals surface area (Å²) < 4.78 is 33.0. The summed E-state index contributed by atoms with van der Waals surface area (Å²) in [5, 5.41) is 2.81. The molecule has 1 aliphatic heterocycles. The van der Waals surface area contributed by atoms with Gasteiger partial charge in [-0.25, -0.2) is 8.42 Å². The van der Waals surface area contributed by atoms with Gasteiger partial charge in [-0.05, 0) is 42.5 Å². The van der Waals surface area contributed by atoms with Crippen LogP contribution in [0.3, 0.4) is 0 Å². The minimum absolute atomic E-state index is 0.0791. The first-order valence-corrected chi connectivity index (χ1v) is 10.4. The molecule has 9 heteroatoms. The Hall–Kier alpha value is -1.45. The molecule has 138 valence electrons. The van der Waals surface area contributed by atoms with Crippen LogP contribution in [-0.4, -0.2) is 44.9 Å². The number of benzene rings is 2. The summed E-state index contributed by atoms with van der Waals surface area (Å²) in [6.07, 6.45) is 0. The van der Waals surface area contributed by atoms with E-state index in [1.807, 2.05) is 0 Å². The number of amides is 1. The Kier molecular flexibility index (Phi) is 5.99. The standard InChI is InChI=1S/C17H16BrClN2O4S/c18-13-2-4-14(5-3-13)20-17(22)12-1-6-15(19)16(11-12)26(23,24)21-7-9-25-10-8-21/h1-6,11H,7-10H2,(H,20,22). The molecule has 1 aliphatic rings. The van der Waals surface area contributed by atoms with Crippen LogP contribution in [0.1, 0.15) is 10.4 Å². The van der Waals surface area contributed by atoms with Crippen LogP contribution < -0.4 is 5.32 Å². The molecule has 0 atom stereocenters. The number of ether oxygens (including phenoxy) is 1. The molecule has 1 saturated heterocycles. The number of nitrogens with zero attached hydrogens (tertiary/aromatic N) is 1. The van der Waals surface area contributed by atoms with E-state index >= 15 is 0 Å². The molecule has 0 unspecified atom stereocenters. The summed E-state index contributed by atoms with van der Waals surface area (Å²) in [6.45, 7) is 1.18. The molecule has 26 heavy (non-hydrogen) atoms. The SMILES string of the molecule is O=C(Nc1ccc(Br)cc1)c1ccc(Cl)c(S(=O)(=O)N2CCOCC2)c1. The van der Waals surface area contributed by atoms with Crippen molar-refractivity contribution in [2.24, 2.45) is 0 Å². The van der Waals surface area contributed by atoms with E-state index in [9.17, 15) is 13.2 Å². The van der Waals surface area contributed by atoms with E-state index in [1.165, 1.54) is 22.5 Å². The van der Waals surface area contributed by atoms with Crippen LogP contribution in [0.4, 0.5) is 5.69 Å². The number of morpholine rings is 1. The fraction of sp³-hybridized carbons (Fsp3) is 0.235.